The second-order valence-corrected chi connectivity index (χ2v) is 3.54. The van der Waals surface area contributed by atoms with Gasteiger partial charge in [-0.05, 0) is 19.1 Å². The van der Waals surface area contributed by atoms with Crippen molar-refractivity contribution in [3.05, 3.63) is 0 Å². The van der Waals surface area contributed by atoms with Gasteiger partial charge in [0.2, 0.25) is 0 Å². The maximum atomic E-state index is 5.50. The number of rotatable bonds is 7. The fourth-order valence-electron chi connectivity index (χ4n) is 0.779. The quantitative estimate of drug-likeness (QED) is 0.598. The zero-order chi connectivity index (χ0) is 8.53. The maximum Gasteiger partial charge on any atom is 0.0787 e. The lowest BCUT2D eigenvalue weighted by Gasteiger charge is -2.13. The molecule has 0 aromatic rings. The molecule has 0 spiro atoms. The minimum absolute atomic E-state index is 0.261. The lowest BCUT2D eigenvalue weighted by atomic mass is 10.4. The van der Waals surface area contributed by atoms with Crippen LogP contribution in [0.4, 0.5) is 0 Å². The van der Waals surface area contributed by atoms with E-state index in [9.17, 15) is 0 Å². The molecule has 2 nitrogen and oxygen atoms in total. The highest BCUT2D eigenvalue weighted by Crippen LogP contribution is 2.06. The molecule has 0 aliphatic heterocycles. The molecular weight excluding hydrogens is 158 g/mol. The number of hydrogen-bond donors (Lipinski definition) is 1. The fourth-order valence-corrected chi connectivity index (χ4v) is 1.73. The van der Waals surface area contributed by atoms with Gasteiger partial charge < -0.3 is 10.5 Å². The molecule has 0 saturated heterocycles. The number of ether oxygens (including phenoxy) is 1. The molecule has 1 unspecified atom stereocenters. The van der Waals surface area contributed by atoms with Gasteiger partial charge in [-0.25, -0.2) is 0 Å². The average molecular weight is 177 g/mol. The monoisotopic (exact) mass is 177 g/mol. The fraction of sp³-hybridized carbons (Fsp3) is 1.00. The van der Waals surface area contributed by atoms with Crippen molar-refractivity contribution in [2.24, 2.45) is 5.73 Å². The molecule has 0 radical (unpaired) electrons. The van der Waals surface area contributed by atoms with Crippen LogP contribution in [0.15, 0.2) is 0 Å². The Hall–Kier alpha value is 0.270. The van der Waals surface area contributed by atoms with Crippen LogP contribution in [0.2, 0.25) is 0 Å². The van der Waals surface area contributed by atoms with Gasteiger partial charge in [0.25, 0.3) is 0 Å². The first-order valence-electron chi connectivity index (χ1n) is 4.24. The molecule has 0 amide bonds. The maximum absolute atomic E-state index is 5.50. The van der Waals surface area contributed by atoms with E-state index in [0.717, 1.165) is 12.4 Å². The summed E-state index contributed by atoms with van der Waals surface area (Å²) in [6.45, 7) is 5.61. The van der Waals surface area contributed by atoms with Crippen LogP contribution in [0, 0.1) is 0 Å². The zero-order valence-electron chi connectivity index (χ0n) is 7.51. The molecule has 0 fully saturated rings. The van der Waals surface area contributed by atoms with Crippen molar-refractivity contribution in [2.75, 3.05) is 24.7 Å². The molecule has 0 rings (SSSR count). The van der Waals surface area contributed by atoms with Crippen molar-refractivity contribution < 1.29 is 4.74 Å². The number of nitrogens with two attached hydrogens (primary N) is 1. The molecule has 0 saturated carbocycles. The Kier molecular flexibility index (Phi) is 8.57. The van der Waals surface area contributed by atoms with Gasteiger partial charge in [-0.1, -0.05) is 6.92 Å². The first kappa shape index (κ1) is 11.3. The lowest BCUT2D eigenvalue weighted by molar-refractivity contribution is 0.0859. The standard InChI is InChI=1S/C8H19NOS/c1-3-5-11-7-8(6-9)10-4-2/h8H,3-7,9H2,1-2H3. The third-order valence-corrected chi connectivity index (χ3v) is 2.62. The van der Waals surface area contributed by atoms with Crippen LogP contribution >= 0.6 is 11.8 Å². The molecule has 0 aliphatic rings. The Bertz CT molecular complexity index is 80.5. The third kappa shape index (κ3) is 6.66. The topological polar surface area (TPSA) is 35.2 Å². The summed E-state index contributed by atoms with van der Waals surface area (Å²) in [5, 5.41) is 0. The lowest BCUT2D eigenvalue weighted by Crippen LogP contribution is -2.26. The van der Waals surface area contributed by atoms with Gasteiger partial charge in [0.05, 0.1) is 6.10 Å². The normalized spacial score (nSPS) is 13.4. The number of hydrogen-bond acceptors (Lipinski definition) is 3. The van der Waals surface area contributed by atoms with E-state index in [1.165, 1.54) is 12.2 Å². The van der Waals surface area contributed by atoms with Crippen molar-refractivity contribution in [1.29, 1.82) is 0 Å². The summed E-state index contributed by atoms with van der Waals surface area (Å²) < 4.78 is 5.39. The highest BCUT2D eigenvalue weighted by molar-refractivity contribution is 7.99. The summed E-state index contributed by atoms with van der Waals surface area (Å²) in [6.07, 6.45) is 1.49. The summed E-state index contributed by atoms with van der Waals surface area (Å²) in [6, 6.07) is 0. The molecule has 11 heavy (non-hydrogen) atoms. The van der Waals surface area contributed by atoms with Gasteiger partial charge in [-0.2, -0.15) is 11.8 Å². The van der Waals surface area contributed by atoms with E-state index in [-0.39, 0.29) is 6.10 Å². The van der Waals surface area contributed by atoms with Crippen molar-refractivity contribution >= 4 is 11.8 Å². The Morgan fingerprint density at radius 1 is 1.45 bits per heavy atom. The minimum Gasteiger partial charge on any atom is -0.376 e. The van der Waals surface area contributed by atoms with E-state index >= 15 is 0 Å². The van der Waals surface area contributed by atoms with Gasteiger partial charge in [-0.15, -0.1) is 0 Å². The molecule has 0 aromatic heterocycles. The van der Waals surface area contributed by atoms with Crippen molar-refractivity contribution in [1.82, 2.24) is 0 Å². The minimum atomic E-state index is 0.261. The van der Waals surface area contributed by atoms with Gasteiger partial charge in [0, 0.05) is 18.9 Å². The summed E-state index contributed by atoms with van der Waals surface area (Å²) in [5.41, 5.74) is 5.50. The van der Waals surface area contributed by atoms with Gasteiger partial charge in [-0.3, -0.25) is 0 Å². The van der Waals surface area contributed by atoms with Crippen LogP contribution in [0.1, 0.15) is 20.3 Å². The summed E-state index contributed by atoms with van der Waals surface area (Å²) in [7, 11) is 0. The summed E-state index contributed by atoms with van der Waals surface area (Å²) in [5.74, 6) is 2.25. The first-order valence-corrected chi connectivity index (χ1v) is 5.40. The van der Waals surface area contributed by atoms with E-state index in [1.54, 1.807) is 0 Å². The molecule has 1 atom stereocenters. The highest BCUT2D eigenvalue weighted by atomic mass is 32.2. The SMILES string of the molecule is CCCSCC(CN)OCC. The predicted octanol–water partition coefficient (Wildman–Crippen LogP) is 1.49. The molecule has 0 aliphatic carbocycles. The number of thioether (sulfide) groups is 1. The van der Waals surface area contributed by atoms with Crippen molar-refractivity contribution in [2.45, 2.75) is 26.4 Å². The zero-order valence-corrected chi connectivity index (χ0v) is 8.32. The van der Waals surface area contributed by atoms with Crippen LogP contribution in [0.3, 0.4) is 0 Å². The van der Waals surface area contributed by atoms with Crippen LogP contribution in [0.5, 0.6) is 0 Å². The van der Waals surface area contributed by atoms with E-state index < -0.39 is 0 Å². The second kappa shape index (κ2) is 8.37. The average Bonchev–Trinajstić information content (AvgIpc) is 2.03. The molecule has 0 bridgehead atoms. The second-order valence-electron chi connectivity index (χ2n) is 2.39. The molecule has 3 heteroatoms. The van der Waals surface area contributed by atoms with Crippen LogP contribution in [-0.2, 0) is 4.74 Å². The van der Waals surface area contributed by atoms with Crippen molar-refractivity contribution in [3.63, 3.8) is 0 Å². The van der Waals surface area contributed by atoms with Gasteiger partial charge in [0.1, 0.15) is 0 Å². The first-order chi connectivity index (χ1) is 5.35. The van der Waals surface area contributed by atoms with Crippen molar-refractivity contribution in [3.8, 4) is 0 Å². The predicted molar refractivity (Wildman–Crippen MR) is 52.1 cm³/mol. The Labute approximate surface area is 73.9 Å². The smallest absolute Gasteiger partial charge is 0.0787 e. The van der Waals surface area contributed by atoms with Crippen LogP contribution in [0.25, 0.3) is 0 Å². The van der Waals surface area contributed by atoms with Gasteiger partial charge >= 0.3 is 0 Å². The Balaban J connectivity index is 3.20. The third-order valence-electron chi connectivity index (χ3n) is 1.32. The largest absolute Gasteiger partial charge is 0.376 e. The van der Waals surface area contributed by atoms with Crippen LogP contribution < -0.4 is 5.73 Å². The Morgan fingerprint density at radius 2 is 2.18 bits per heavy atom. The Morgan fingerprint density at radius 3 is 2.64 bits per heavy atom. The van der Waals surface area contributed by atoms with Gasteiger partial charge in [0.15, 0.2) is 0 Å². The molecule has 0 aromatic carbocycles. The van der Waals surface area contributed by atoms with E-state index in [2.05, 4.69) is 6.92 Å². The molecule has 2 N–H and O–H groups in total. The van der Waals surface area contributed by atoms with E-state index in [4.69, 9.17) is 10.5 Å². The summed E-state index contributed by atoms with van der Waals surface area (Å²) >= 11 is 1.92. The molecule has 0 heterocycles. The van der Waals surface area contributed by atoms with Crippen LogP contribution in [-0.4, -0.2) is 30.8 Å². The molecular formula is C8H19NOS. The van der Waals surface area contributed by atoms with E-state index in [1.807, 2.05) is 18.7 Å². The summed E-state index contributed by atoms with van der Waals surface area (Å²) in [4.78, 5) is 0. The van der Waals surface area contributed by atoms with E-state index in [0.29, 0.717) is 6.54 Å². The highest BCUT2D eigenvalue weighted by Gasteiger charge is 2.04. The molecule has 68 valence electrons.